The second kappa shape index (κ2) is 6.66. The van der Waals surface area contributed by atoms with E-state index in [9.17, 15) is 0 Å². The number of nitrogens with one attached hydrogen (secondary N) is 1. The van der Waals surface area contributed by atoms with Crippen LogP contribution in [-0.2, 0) is 0 Å². The Morgan fingerprint density at radius 1 is 1.24 bits per heavy atom. The van der Waals surface area contributed by atoms with Crippen molar-refractivity contribution in [1.29, 1.82) is 15.8 Å². The van der Waals surface area contributed by atoms with Crippen LogP contribution in [0.25, 0.3) is 0 Å². The van der Waals surface area contributed by atoms with Gasteiger partial charge in [0.2, 0.25) is 0 Å². The molecule has 1 aromatic carbocycles. The predicted molar refractivity (Wildman–Crippen MR) is 77.2 cm³/mol. The summed E-state index contributed by atoms with van der Waals surface area (Å²) >= 11 is 6.11. The molecule has 0 saturated heterocycles. The molecule has 0 amide bonds. The number of rotatable bonds is 5. The highest BCUT2D eigenvalue weighted by molar-refractivity contribution is 6.32. The van der Waals surface area contributed by atoms with Gasteiger partial charge in [-0.3, -0.25) is 0 Å². The van der Waals surface area contributed by atoms with Crippen molar-refractivity contribution in [2.45, 2.75) is 12.8 Å². The van der Waals surface area contributed by atoms with Gasteiger partial charge in [-0.25, -0.2) is 0 Å². The highest BCUT2D eigenvalue weighted by Crippen LogP contribution is 2.33. The van der Waals surface area contributed by atoms with E-state index in [0.29, 0.717) is 29.0 Å². The summed E-state index contributed by atoms with van der Waals surface area (Å²) in [6, 6.07) is 10.1. The van der Waals surface area contributed by atoms with Crippen molar-refractivity contribution < 1.29 is 4.74 Å². The fourth-order valence-electron chi connectivity index (χ4n) is 1.62. The molecule has 0 aromatic heterocycles. The highest BCUT2D eigenvalue weighted by Gasteiger charge is 2.22. The molecule has 1 N–H and O–H groups in total. The zero-order chi connectivity index (χ0) is 15.2. The van der Waals surface area contributed by atoms with Gasteiger partial charge in [0.1, 0.15) is 29.7 Å². The van der Waals surface area contributed by atoms with E-state index in [0.717, 1.165) is 0 Å². The number of anilines is 1. The van der Waals surface area contributed by atoms with E-state index in [1.165, 1.54) is 12.8 Å². The van der Waals surface area contributed by atoms with Crippen molar-refractivity contribution in [1.82, 2.24) is 0 Å². The maximum Gasteiger partial charge on any atom is 0.163 e. The van der Waals surface area contributed by atoms with Crippen LogP contribution in [-0.4, -0.2) is 6.61 Å². The van der Waals surface area contributed by atoms with E-state index in [1.807, 2.05) is 0 Å². The Kier molecular flexibility index (Phi) is 4.67. The zero-order valence-corrected chi connectivity index (χ0v) is 11.8. The van der Waals surface area contributed by atoms with Gasteiger partial charge in [0.25, 0.3) is 0 Å². The molecule has 2 rings (SSSR count). The molecule has 0 radical (unpaired) electrons. The first-order valence-electron chi connectivity index (χ1n) is 6.32. The van der Waals surface area contributed by atoms with Crippen LogP contribution in [0.15, 0.2) is 29.5 Å². The van der Waals surface area contributed by atoms with Gasteiger partial charge in [-0.1, -0.05) is 11.6 Å². The maximum absolute atomic E-state index is 8.97. The molecule has 0 heterocycles. The lowest BCUT2D eigenvalue weighted by molar-refractivity contribution is 0.300. The third-order valence-electron chi connectivity index (χ3n) is 2.96. The molecule has 1 fully saturated rings. The molecular formula is C15H11ClN4O. The summed E-state index contributed by atoms with van der Waals surface area (Å²) in [5, 5.41) is 29.6. The molecule has 0 unspecified atom stereocenters. The van der Waals surface area contributed by atoms with Gasteiger partial charge in [-0.2, -0.15) is 15.8 Å². The summed E-state index contributed by atoms with van der Waals surface area (Å²) in [5.74, 6) is 1.21. The average molecular weight is 299 g/mol. The number of halogens is 1. The number of hydrogen-bond donors (Lipinski definition) is 1. The fraction of sp³-hybridized carbons (Fsp3) is 0.267. The van der Waals surface area contributed by atoms with E-state index < -0.39 is 0 Å². The van der Waals surface area contributed by atoms with Gasteiger partial charge in [-0.15, -0.1) is 0 Å². The second-order valence-corrected chi connectivity index (χ2v) is 5.02. The van der Waals surface area contributed by atoms with Crippen LogP contribution in [0, 0.1) is 39.9 Å². The summed E-state index contributed by atoms with van der Waals surface area (Å²) in [6.45, 7) is 0.656. The van der Waals surface area contributed by atoms with Crippen molar-refractivity contribution in [3.05, 3.63) is 34.5 Å². The Labute approximate surface area is 127 Å². The molecule has 6 heteroatoms. The molecule has 1 aliphatic carbocycles. The van der Waals surface area contributed by atoms with Gasteiger partial charge < -0.3 is 10.1 Å². The monoisotopic (exact) mass is 298 g/mol. The standard InChI is InChI=1S/C15H11ClN4O/c16-13-5-12(20-14(8-19)11(6-17)7-18)3-4-15(13)21-9-10-1-2-10/h3-5,10,20H,1-2,9H2. The predicted octanol–water partition coefficient (Wildman–Crippen LogP) is 3.37. The minimum atomic E-state index is -0.275. The summed E-state index contributed by atoms with van der Waals surface area (Å²) in [5.41, 5.74) is 0.128. The number of nitriles is 3. The largest absolute Gasteiger partial charge is 0.492 e. The topological polar surface area (TPSA) is 92.6 Å². The average Bonchev–Trinajstić information content (AvgIpc) is 3.30. The Morgan fingerprint density at radius 3 is 2.48 bits per heavy atom. The Bertz CT molecular complexity index is 686. The molecular weight excluding hydrogens is 288 g/mol. The lowest BCUT2D eigenvalue weighted by atomic mass is 10.2. The molecule has 1 saturated carbocycles. The summed E-state index contributed by atoms with van der Waals surface area (Å²) < 4.78 is 5.60. The van der Waals surface area contributed by atoms with Crippen LogP contribution < -0.4 is 10.1 Å². The number of allylic oxidation sites excluding steroid dienone is 2. The van der Waals surface area contributed by atoms with Crippen LogP contribution >= 0.6 is 11.6 Å². The molecule has 0 bridgehead atoms. The Balaban J connectivity index is 2.13. The van der Waals surface area contributed by atoms with E-state index in [4.69, 9.17) is 32.1 Å². The molecule has 0 atom stereocenters. The summed E-state index contributed by atoms with van der Waals surface area (Å²) in [6.07, 6.45) is 2.39. The number of ether oxygens (including phenoxy) is 1. The first-order chi connectivity index (χ1) is 10.2. The van der Waals surface area contributed by atoms with Crippen LogP contribution in [0.1, 0.15) is 12.8 Å². The first-order valence-corrected chi connectivity index (χ1v) is 6.69. The summed E-state index contributed by atoms with van der Waals surface area (Å²) in [4.78, 5) is 0. The third-order valence-corrected chi connectivity index (χ3v) is 3.25. The molecule has 1 aromatic rings. The molecule has 1 aliphatic rings. The van der Waals surface area contributed by atoms with Crippen LogP contribution in [0.3, 0.4) is 0 Å². The molecule has 21 heavy (non-hydrogen) atoms. The van der Waals surface area contributed by atoms with Gasteiger partial charge in [-0.05, 0) is 37.0 Å². The zero-order valence-electron chi connectivity index (χ0n) is 11.1. The van der Waals surface area contributed by atoms with Gasteiger partial charge in [0.05, 0.1) is 11.6 Å². The van der Waals surface area contributed by atoms with Crippen molar-refractivity contribution in [3.63, 3.8) is 0 Å². The normalized spacial score (nSPS) is 12.5. The quantitative estimate of drug-likeness (QED) is 0.841. The second-order valence-electron chi connectivity index (χ2n) is 4.61. The Morgan fingerprint density at radius 2 is 1.95 bits per heavy atom. The van der Waals surface area contributed by atoms with Gasteiger partial charge in [0.15, 0.2) is 5.57 Å². The maximum atomic E-state index is 8.97. The molecule has 104 valence electrons. The minimum absolute atomic E-state index is 0.109. The third kappa shape index (κ3) is 3.89. The lowest BCUT2D eigenvalue weighted by Gasteiger charge is -2.10. The summed E-state index contributed by atoms with van der Waals surface area (Å²) in [7, 11) is 0. The van der Waals surface area contributed by atoms with Crippen molar-refractivity contribution >= 4 is 17.3 Å². The minimum Gasteiger partial charge on any atom is -0.492 e. The van der Waals surface area contributed by atoms with E-state index >= 15 is 0 Å². The SMILES string of the molecule is N#CC(C#N)=C(C#N)Nc1ccc(OCC2CC2)c(Cl)c1. The van der Waals surface area contributed by atoms with Crippen molar-refractivity contribution in [3.8, 4) is 24.0 Å². The number of hydrogen-bond acceptors (Lipinski definition) is 5. The van der Waals surface area contributed by atoms with Crippen molar-refractivity contribution in [2.75, 3.05) is 11.9 Å². The van der Waals surface area contributed by atoms with E-state index in [2.05, 4.69) is 5.32 Å². The Hall–Kier alpha value is -2.68. The van der Waals surface area contributed by atoms with Crippen LogP contribution in [0.2, 0.25) is 5.02 Å². The number of benzene rings is 1. The molecule has 0 aliphatic heterocycles. The van der Waals surface area contributed by atoms with Crippen LogP contribution in [0.5, 0.6) is 5.75 Å². The van der Waals surface area contributed by atoms with Crippen molar-refractivity contribution in [2.24, 2.45) is 5.92 Å². The lowest BCUT2D eigenvalue weighted by Crippen LogP contribution is -2.02. The van der Waals surface area contributed by atoms with Crippen LogP contribution in [0.4, 0.5) is 5.69 Å². The van der Waals surface area contributed by atoms with Gasteiger partial charge >= 0.3 is 0 Å². The number of nitrogens with zero attached hydrogens (tertiary/aromatic N) is 3. The van der Waals surface area contributed by atoms with E-state index in [-0.39, 0.29) is 11.3 Å². The first kappa shape index (κ1) is 14.7. The van der Waals surface area contributed by atoms with Gasteiger partial charge in [0, 0.05) is 5.69 Å². The fourth-order valence-corrected chi connectivity index (χ4v) is 1.85. The molecule has 5 nitrogen and oxygen atoms in total. The smallest absolute Gasteiger partial charge is 0.163 e. The highest BCUT2D eigenvalue weighted by atomic mass is 35.5. The van der Waals surface area contributed by atoms with E-state index in [1.54, 1.807) is 36.4 Å². The molecule has 0 spiro atoms.